The average molecular weight is 1140 g/mol. The van der Waals surface area contributed by atoms with E-state index in [2.05, 4.69) is 10.6 Å². The summed E-state index contributed by atoms with van der Waals surface area (Å²) in [4.78, 5) is 42.2. The van der Waals surface area contributed by atoms with Gasteiger partial charge in [-0.3, -0.25) is 14.4 Å². The molecule has 21 heteroatoms. The molecule has 14 N–H and O–H groups in total. The fraction of sp³-hybridized carbons (Fsp3) is 0.617. The number of rotatable bonds is 10. The van der Waals surface area contributed by atoms with E-state index in [1.165, 1.54) is 6.92 Å². The van der Waals surface area contributed by atoms with Crippen molar-refractivity contribution in [1.29, 1.82) is 0 Å². The molecule has 4 rings (SSSR count). The van der Waals surface area contributed by atoms with Crippen molar-refractivity contribution < 1.29 is 84.4 Å². The minimum atomic E-state index is -2.35. The number of hydrogen-bond acceptors (Lipinski definition) is 19. The lowest BCUT2D eigenvalue weighted by atomic mass is 9.82. The molecule has 21 nitrogen and oxygen atoms in total. The van der Waals surface area contributed by atoms with Gasteiger partial charge in [0.05, 0.1) is 79.4 Å². The van der Waals surface area contributed by atoms with Crippen LogP contribution in [-0.2, 0) is 35.1 Å². The highest BCUT2D eigenvalue weighted by molar-refractivity contribution is 5.94. The summed E-state index contributed by atoms with van der Waals surface area (Å²) in [5.74, 6) is -6.38. The molecule has 3 aliphatic rings. The minimum Gasteiger partial charge on any atom is -0.462 e. The number of amides is 2. The Morgan fingerprint density at radius 2 is 1.28 bits per heavy atom. The number of esters is 1. The van der Waals surface area contributed by atoms with Crippen LogP contribution in [0.5, 0.6) is 0 Å². The predicted octanol–water partition coefficient (Wildman–Crippen LogP) is 1.63. The topological polar surface area (TPSA) is 344 Å². The van der Waals surface area contributed by atoms with Crippen molar-refractivity contribution in [3.63, 3.8) is 0 Å². The van der Waals surface area contributed by atoms with Gasteiger partial charge in [-0.25, -0.2) is 0 Å². The van der Waals surface area contributed by atoms with Crippen molar-refractivity contribution in [2.75, 3.05) is 27.2 Å². The third-order valence-electron chi connectivity index (χ3n) is 14.8. The van der Waals surface area contributed by atoms with Gasteiger partial charge in [0.2, 0.25) is 5.91 Å². The van der Waals surface area contributed by atoms with Crippen LogP contribution < -0.4 is 16.4 Å². The van der Waals surface area contributed by atoms with E-state index in [1.54, 1.807) is 92.8 Å². The molecule has 0 aromatic heterocycles. The van der Waals surface area contributed by atoms with Gasteiger partial charge in [0.15, 0.2) is 12.1 Å². The van der Waals surface area contributed by atoms with E-state index in [4.69, 9.17) is 24.7 Å². The monoisotopic (exact) mass is 1140 g/mol. The van der Waals surface area contributed by atoms with Crippen molar-refractivity contribution in [1.82, 2.24) is 15.5 Å². The number of aliphatic hydroxyl groups excluding tert-OH is 9. The lowest BCUT2D eigenvalue weighted by molar-refractivity contribution is -0.309. The molecular weight excluding hydrogens is 1050 g/mol. The quantitative estimate of drug-likeness (QED) is 0.117. The Hall–Kier alpha value is -4.79. The van der Waals surface area contributed by atoms with Crippen LogP contribution in [0, 0.1) is 17.8 Å². The fourth-order valence-electron chi connectivity index (χ4n) is 9.86. The third-order valence-corrected chi connectivity index (χ3v) is 14.8. The van der Waals surface area contributed by atoms with Crippen LogP contribution in [0.2, 0.25) is 0 Å². The number of aliphatic hydroxyl groups is 10. The standard InChI is InChI=1S/C60H92N4O17/c1-37-20-17-15-13-11-9-7-8-10-12-14-16-18-21-46(80-59-56(74)53(55(73)40(4)79-59)63-57(75)42-24-22-41(36-61)23-25-42)33-50-52(58(76)62-28-19-29-64(5)6)49(70)35-60(77,81-50)34-48(69)47(68)27-26-43(65)30-44(66)31-45(67)32-51(71)78-39(3)38(2)54(37)72/h7-18,20-25,37-40,43-50,52-56,59,65-70,72-74,77H,19,26-36,61H2,1-6H3,(H,62,76)(H,63,75)/b8-7+,11-9+,12-10+,15-13+,16-14+,20-17+,21-18+/t37-,38-,39-,40+,43+,44+,45+,46-,47+,48+,49-,50-,52+,53-,54+,55+,56-,59-,60+/m0/s1. The van der Waals surface area contributed by atoms with Gasteiger partial charge in [-0.05, 0) is 84.3 Å². The fourth-order valence-corrected chi connectivity index (χ4v) is 9.86. The molecule has 2 bridgehead atoms. The normalized spacial score (nSPS) is 38.8. The van der Waals surface area contributed by atoms with Gasteiger partial charge in [-0.1, -0.05) is 111 Å². The van der Waals surface area contributed by atoms with E-state index < -0.39 is 146 Å². The number of nitrogens with zero attached hydrogens (tertiary/aromatic N) is 1. The molecule has 0 unspecified atom stereocenters. The molecule has 1 aromatic carbocycles. The summed E-state index contributed by atoms with van der Waals surface area (Å²) in [6.07, 6.45) is 3.98. The van der Waals surface area contributed by atoms with E-state index in [1.807, 2.05) is 56.3 Å². The average Bonchev–Trinajstić information content (AvgIpc) is 3.42. The molecule has 2 saturated heterocycles. The van der Waals surface area contributed by atoms with Gasteiger partial charge in [0.25, 0.3) is 5.91 Å². The Morgan fingerprint density at radius 3 is 1.89 bits per heavy atom. The number of cyclic esters (lactones) is 1. The summed E-state index contributed by atoms with van der Waals surface area (Å²) in [6.45, 7) is 7.89. The molecule has 0 aliphatic carbocycles. The van der Waals surface area contributed by atoms with Crippen LogP contribution >= 0.6 is 0 Å². The summed E-state index contributed by atoms with van der Waals surface area (Å²) < 4.78 is 24.3. The molecule has 19 atom stereocenters. The molecule has 2 fully saturated rings. The van der Waals surface area contributed by atoms with E-state index in [0.29, 0.717) is 13.0 Å². The Balaban J connectivity index is 1.66. The van der Waals surface area contributed by atoms with Crippen LogP contribution in [0.25, 0.3) is 0 Å². The second-order valence-corrected chi connectivity index (χ2v) is 22.0. The van der Waals surface area contributed by atoms with E-state index in [-0.39, 0.29) is 56.7 Å². The number of allylic oxidation sites excluding steroid dienone is 12. The highest BCUT2D eigenvalue weighted by Crippen LogP contribution is 2.38. The Morgan fingerprint density at radius 1 is 0.704 bits per heavy atom. The first-order valence-corrected chi connectivity index (χ1v) is 28.2. The van der Waals surface area contributed by atoms with E-state index in [0.717, 1.165) is 5.56 Å². The second kappa shape index (κ2) is 34.7. The summed E-state index contributed by atoms with van der Waals surface area (Å²) >= 11 is 0. The van der Waals surface area contributed by atoms with Crippen molar-refractivity contribution >= 4 is 17.8 Å². The van der Waals surface area contributed by atoms with E-state index >= 15 is 0 Å². The van der Waals surface area contributed by atoms with Crippen LogP contribution in [0.3, 0.4) is 0 Å². The molecule has 2 amide bonds. The van der Waals surface area contributed by atoms with Crippen molar-refractivity contribution in [3.8, 4) is 0 Å². The SMILES string of the molecule is C[C@@H]1[C@H](O)[C@@H](C)/C=C/C=C/C=C/C=C/C=C/C=C/C=C/[C@H](O[C@@H]2O[C@H](C)[C@@H](O)[C@H](NC(=O)c3ccc(CN)cc3)[C@@H]2O)C[C@@H]2O[C@](O)(C[C@@H](O)[C@H](O)CC[C@@H](O)C[C@@H](O)C[C@@H](O)CC(=O)O[C@H]1C)C[C@H](O)[C@H]2C(=O)NCCCN(C)C. The minimum absolute atomic E-state index is 0.143. The highest BCUT2D eigenvalue weighted by atomic mass is 16.7. The zero-order valence-corrected chi connectivity index (χ0v) is 47.6. The van der Waals surface area contributed by atoms with Crippen LogP contribution in [-0.4, -0.2) is 198 Å². The molecule has 0 radical (unpaired) electrons. The van der Waals surface area contributed by atoms with Gasteiger partial charge in [-0.2, -0.15) is 0 Å². The zero-order chi connectivity index (χ0) is 59.8. The number of fused-ring (bicyclic) bond motifs is 2. The van der Waals surface area contributed by atoms with Gasteiger partial charge >= 0.3 is 5.97 Å². The van der Waals surface area contributed by atoms with Gasteiger partial charge < -0.3 is 91.3 Å². The Bertz CT molecular complexity index is 2270. The largest absolute Gasteiger partial charge is 0.462 e. The molecule has 454 valence electrons. The van der Waals surface area contributed by atoms with Crippen LogP contribution in [0.4, 0.5) is 0 Å². The number of carbonyl (C=O) groups is 3. The maximum absolute atomic E-state index is 14.1. The summed E-state index contributed by atoms with van der Waals surface area (Å²) in [5.41, 5.74) is 6.76. The summed E-state index contributed by atoms with van der Waals surface area (Å²) in [5, 5.41) is 118. The highest BCUT2D eigenvalue weighted by Gasteiger charge is 2.51. The van der Waals surface area contributed by atoms with Gasteiger partial charge in [0, 0.05) is 49.8 Å². The number of nitrogens with two attached hydrogens (primary N) is 1. The van der Waals surface area contributed by atoms with Gasteiger partial charge in [-0.15, -0.1) is 0 Å². The van der Waals surface area contributed by atoms with Crippen molar-refractivity contribution in [2.45, 2.75) is 189 Å². The lowest BCUT2D eigenvalue weighted by Crippen LogP contribution is -2.64. The Labute approximate surface area is 476 Å². The van der Waals surface area contributed by atoms with Crippen LogP contribution in [0.15, 0.2) is 109 Å². The van der Waals surface area contributed by atoms with Crippen LogP contribution in [0.1, 0.15) is 101 Å². The molecule has 0 saturated carbocycles. The number of carbonyl (C=O) groups excluding carboxylic acids is 3. The summed E-state index contributed by atoms with van der Waals surface area (Å²) in [6, 6.07) is 5.19. The molecule has 1 aromatic rings. The molecule has 81 heavy (non-hydrogen) atoms. The summed E-state index contributed by atoms with van der Waals surface area (Å²) in [7, 11) is 3.76. The predicted molar refractivity (Wildman–Crippen MR) is 303 cm³/mol. The maximum Gasteiger partial charge on any atom is 0.308 e. The number of benzene rings is 1. The van der Waals surface area contributed by atoms with Gasteiger partial charge in [0.1, 0.15) is 18.3 Å². The van der Waals surface area contributed by atoms with E-state index in [9.17, 15) is 65.4 Å². The lowest BCUT2D eigenvalue weighted by Gasteiger charge is -2.46. The maximum atomic E-state index is 14.1. The number of nitrogens with one attached hydrogen (secondary N) is 2. The Kier molecular flexibility index (Phi) is 29.5. The third kappa shape index (κ3) is 23.4. The molecule has 3 heterocycles. The van der Waals surface area contributed by atoms with Crippen molar-refractivity contribution in [2.24, 2.45) is 23.5 Å². The van der Waals surface area contributed by atoms with Crippen molar-refractivity contribution in [3.05, 3.63) is 120 Å². The molecule has 0 spiro atoms. The molecule has 3 aliphatic heterocycles. The first-order valence-electron chi connectivity index (χ1n) is 28.2. The smallest absolute Gasteiger partial charge is 0.308 e. The first-order chi connectivity index (χ1) is 38.4. The zero-order valence-electron chi connectivity index (χ0n) is 47.6. The second-order valence-electron chi connectivity index (χ2n) is 22.0. The number of ether oxygens (including phenoxy) is 4. The first kappa shape index (κ1) is 68.7. The molecular formula is C60H92N4O17. The number of hydrogen-bond donors (Lipinski definition) is 13.